The molecule has 1 aliphatic heterocycles. The second-order valence-electron chi connectivity index (χ2n) is 4.53. The Morgan fingerprint density at radius 2 is 1.94 bits per heavy atom. The molecule has 1 saturated heterocycles. The van der Waals surface area contributed by atoms with E-state index in [1.54, 1.807) is 6.08 Å². The lowest BCUT2D eigenvalue weighted by Gasteiger charge is -2.27. The van der Waals surface area contributed by atoms with E-state index in [1.165, 1.54) is 5.56 Å². The third kappa shape index (κ3) is 3.02. The summed E-state index contributed by atoms with van der Waals surface area (Å²) in [7, 11) is 0. The molecule has 1 aromatic rings. The van der Waals surface area contributed by atoms with E-state index in [0.717, 1.165) is 31.6 Å². The van der Waals surface area contributed by atoms with Crippen molar-refractivity contribution >= 4 is 6.08 Å². The van der Waals surface area contributed by atoms with Crippen LogP contribution in [0.4, 0.5) is 0 Å². The highest BCUT2D eigenvalue weighted by molar-refractivity contribution is 5.36. The molecule has 1 fully saturated rings. The standard InChI is InChI=1S/C14H17NO2/c1-11-2-4-12(5-3-11)14(15-10-16)13-6-8-17-9-7-13/h2-5,13-14H,6-9H2,1H3. The first-order chi connectivity index (χ1) is 8.31. The Kier molecular flexibility index (Phi) is 4.08. The van der Waals surface area contributed by atoms with E-state index in [9.17, 15) is 4.79 Å². The van der Waals surface area contributed by atoms with Gasteiger partial charge in [-0.05, 0) is 31.2 Å². The van der Waals surface area contributed by atoms with Gasteiger partial charge in [0, 0.05) is 13.2 Å². The molecule has 1 heterocycles. The summed E-state index contributed by atoms with van der Waals surface area (Å²) < 4.78 is 5.34. The monoisotopic (exact) mass is 231 g/mol. The van der Waals surface area contributed by atoms with Crippen molar-refractivity contribution in [3.05, 3.63) is 35.4 Å². The van der Waals surface area contributed by atoms with E-state index in [2.05, 4.69) is 36.2 Å². The fraction of sp³-hybridized carbons (Fsp3) is 0.500. The van der Waals surface area contributed by atoms with Gasteiger partial charge < -0.3 is 4.74 Å². The van der Waals surface area contributed by atoms with E-state index < -0.39 is 0 Å². The summed E-state index contributed by atoms with van der Waals surface area (Å²) in [5.74, 6) is 0.396. The van der Waals surface area contributed by atoms with Crippen LogP contribution in [0.3, 0.4) is 0 Å². The second kappa shape index (κ2) is 5.76. The molecule has 0 aliphatic carbocycles. The minimum absolute atomic E-state index is 0.0583. The fourth-order valence-corrected chi connectivity index (χ4v) is 2.30. The van der Waals surface area contributed by atoms with E-state index >= 15 is 0 Å². The van der Waals surface area contributed by atoms with Crippen LogP contribution in [0.5, 0.6) is 0 Å². The number of aryl methyl sites for hydroxylation is 1. The molecule has 0 bridgehead atoms. The van der Waals surface area contributed by atoms with Crippen molar-refractivity contribution in [1.29, 1.82) is 0 Å². The van der Waals surface area contributed by atoms with Crippen LogP contribution >= 0.6 is 0 Å². The number of ether oxygens (including phenoxy) is 1. The van der Waals surface area contributed by atoms with Crippen LogP contribution in [0.15, 0.2) is 29.3 Å². The molecule has 3 nitrogen and oxygen atoms in total. The van der Waals surface area contributed by atoms with Gasteiger partial charge in [0.15, 0.2) is 0 Å². The molecular weight excluding hydrogens is 214 g/mol. The average molecular weight is 231 g/mol. The Labute approximate surface area is 102 Å². The number of aliphatic imine (C=N–C) groups is 1. The van der Waals surface area contributed by atoms with Crippen LogP contribution in [0.1, 0.15) is 30.0 Å². The highest BCUT2D eigenvalue weighted by Gasteiger charge is 2.25. The van der Waals surface area contributed by atoms with Crippen LogP contribution in [-0.4, -0.2) is 19.3 Å². The largest absolute Gasteiger partial charge is 0.381 e. The van der Waals surface area contributed by atoms with E-state index in [4.69, 9.17) is 4.74 Å². The number of benzene rings is 1. The first kappa shape index (κ1) is 12.0. The first-order valence-corrected chi connectivity index (χ1v) is 6.02. The van der Waals surface area contributed by atoms with Gasteiger partial charge in [0.25, 0.3) is 0 Å². The maximum absolute atomic E-state index is 10.6. The summed E-state index contributed by atoms with van der Waals surface area (Å²) in [4.78, 5) is 14.6. The van der Waals surface area contributed by atoms with Gasteiger partial charge in [-0.25, -0.2) is 4.79 Å². The van der Waals surface area contributed by atoms with Crippen molar-refractivity contribution in [3.8, 4) is 0 Å². The normalized spacial score (nSPS) is 18.4. The van der Waals surface area contributed by atoms with Crippen LogP contribution in [0, 0.1) is 12.8 Å². The SMILES string of the molecule is Cc1ccc(C(N=C=O)C2CCOCC2)cc1. The van der Waals surface area contributed by atoms with Gasteiger partial charge in [0.05, 0.1) is 6.04 Å². The molecule has 0 saturated carbocycles. The van der Waals surface area contributed by atoms with E-state index in [-0.39, 0.29) is 6.04 Å². The van der Waals surface area contributed by atoms with Gasteiger partial charge in [-0.1, -0.05) is 29.8 Å². The van der Waals surface area contributed by atoms with Gasteiger partial charge in [-0.15, -0.1) is 0 Å². The van der Waals surface area contributed by atoms with Crippen molar-refractivity contribution in [1.82, 2.24) is 0 Å². The Morgan fingerprint density at radius 3 is 2.53 bits per heavy atom. The molecule has 90 valence electrons. The molecule has 2 rings (SSSR count). The van der Waals surface area contributed by atoms with Gasteiger partial charge in [0.1, 0.15) is 0 Å². The summed E-state index contributed by atoms with van der Waals surface area (Å²) in [5.41, 5.74) is 2.32. The van der Waals surface area contributed by atoms with Crippen molar-refractivity contribution in [2.45, 2.75) is 25.8 Å². The molecule has 1 aromatic carbocycles. The number of hydrogen-bond acceptors (Lipinski definition) is 3. The molecule has 1 unspecified atom stereocenters. The Balaban J connectivity index is 2.21. The summed E-state index contributed by atoms with van der Waals surface area (Å²) >= 11 is 0. The van der Waals surface area contributed by atoms with E-state index in [1.807, 2.05) is 0 Å². The quantitative estimate of drug-likeness (QED) is 0.592. The number of rotatable bonds is 3. The van der Waals surface area contributed by atoms with Crippen molar-refractivity contribution in [2.75, 3.05) is 13.2 Å². The molecule has 17 heavy (non-hydrogen) atoms. The minimum Gasteiger partial charge on any atom is -0.381 e. The molecule has 1 aliphatic rings. The van der Waals surface area contributed by atoms with Gasteiger partial charge in [-0.2, -0.15) is 4.99 Å². The van der Waals surface area contributed by atoms with Crippen LogP contribution < -0.4 is 0 Å². The van der Waals surface area contributed by atoms with Crippen LogP contribution in [0.2, 0.25) is 0 Å². The van der Waals surface area contributed by atoms with Crippen LogP contribution in [-0.2, 0) is 9.53 Å². The lowest BCUT2D eigenvalue weighted by molar-refractivity contribution is 0.0586. The third-order valence-electron chi connectivity index (χ3n) is 3.32. The van der Waals surface area contributed by atoms with Crippen molar-refractivity contribution in [2.24, 2.45) is 10.9 Å². The Hall–Kier alpha value is -1.44. The summed E-state index contributed by atoms with van der Waals surface area (Å²) in [6, 6.07) is 8.16. The Bertz CT molecular complexity index is 401. The number of nitrogens with zero attached hydrogens (tertiary/aromatic N) is 1. The maximum Gasteiger partial charge on any atom is 0.235 e. The topological polar surface area (TPSA) is 38.7 Å². The summed E-state index contributed by atoms with van der Waals surface area (Å²) in [6.45, 7) is 3.58. The number of hydrogen-bond donors (Lipinski definition) is 0. The smallest absolute Gasteiger partial charge is 0.235 e. The molecular formula is C14H17NO2. The zero-order valence-corrected chi connectivity index (χ0v) is 10.1. The lowest BCUT2D eigenvalue weighted by atomic mass is 9.87. The first-order valence-electron chi connectivity index (χ1n) is 6.02. The summed E-state index contributed by atoms with van der Waals surface area (Å²) in [5, 5.41) is 0. The van der Waals surface area contributed by atoms with Crippen molar-refractivity contribution in [3.63, 3.8) is 0 Å². The van der Waals surface area contributed by atoms with Gasteiger partial charge in [0.2, 0.25) is 6.08 Å². The third-order valence-corrected chi connectivity index (χ3v) is 3.32. The average Bonchev–Trinajstić information content (AvgIpc) is 2.38. The highest BCUT2D eigenvalue weighted by atomic mass is 16.5. The lowest BCUT2D eigenvalue weighted by Crippen LogP contribution is -2.21. The fourth-order valence-electron chi connectivity index (χ4n) is 2.30. The van der Waals surface area contributed by atoms with Crippen LogP contribution in [0.25, 0.3) is 0 Å². The molecule has 0 radical (unpaired) electrons. The molecule has 0 N–H and O–H groups in total. The van der Waals surface area contributed by atoms with Gasteiger partial charge >= 0.3 is 0 Å². The highest BCUT2D eigenvalue weighted by Crippen LogP contribution is 2.32. The molecule has 0 spiro atoms. The molecule has 0 aromatic heterocycles. The predicted molar refractivity (Wildman–Crippen MR) is 65.6 cm³/mol. The second-order valence-corrected chi connectivity index (χ2v) is 4.53. The summed E-state index contributed by atoms with van der Waals surface area (Å²) in [6.07, 6.45) is 3.64. The molecule has 3 heteroatoms. The molecule has 1 atom stereocenters. The van der Waals surface area contributed by atoms with E-state index in [0.29, 0.717) is 5.92 Å². The Morgan fingerprint density at radius 1 is 1.29 bits per heavy atom. The zero-order chi connectivity index (χ0) is 12.1. The van der Waals surface area contributed by atoms with Gasteiger partial charge in [-0.3, -0.25) is 0 Å². The molecule has 0 amide bonds. The number of isocyanates is 1. The predicted octanol–water partition coefficient (Wildman–Crippen LogP) is 2.80. The maximum atomic E-state index is 10.6. The minimum atomic E-state index is -0.0583. The van der Waals surface area contributed by atoms with Crippen molar-refractivity contribution < 1.29 is 9.53 Å². The zero-order valence-electron chi connectivity index (χ0n) is 10.1. The number of carbonyl (C=O) groups excluding carboxylic acids is 1.